The molecule has 0 fully saturated rings. The minimum absolute atomic E-state index is 0.222. The lowest BCUT2D eigenvalue weighted by Gasteiger charge is -2.31. The van der Waals surface area contributed by atoms with Crippen molar-refractivity contribution in [3.63, 3.8) is 0 Å². The van der Waals surface area contributed by atoms with Crippen LogP contribution in [0.1, 0.15) is 20.8 Å². The maximum Gasteiger partial charge on any atom is 0.471 e. The Morgan fingerprint density at radius 1 is 0.941 bits per heavy atom. The predicted molar refractivity (Wildman–Crippen MR) is 48.1 cm³/mol. The summed E-state index contributed by atoms with van der Waals surface area (Å²) < 4.78 is 72.5. The zero-order valence-electron chi connectivity index (χ0n) is 9.54. The van der Waals surface area contributed by atoms with Gasteiger partial charge in [-0.05, 0) is 5.41 Å². The summed E-state index contributed by atoms with van der Waals surface area (Å²) in [6.45, 7) is 1.81. The number of nitrogens with zero attached hydrogens (tertiary/aromatic N) is 1. The largest absolute Gasteiger partial charge is 0.471 e. The Morgan fingerprint density at radius 3 is 1.59 bits per heavy atom. The molecule has 0 saturated carbocycles. The van der Waals surface area contributed by atoms with Crippen molar-refractivity contribution in [1.82, 2.24) is 4.90 Å². The van der Waals surface area contributed by atoms with Crippen molar-refractivity contribution in [3.05, 3.63) is 0 Å². The number of halogens is 6. The van der Waals surface area contributed by atoms with Gasteiger partial charge in [-0.3, -0.25) is 4.79 Å². The van der Waals surface area contributed by atoms with E-state index in [9.17, 15) is 31.1 Å². The normalized spacial score (nSPS) is 13.7. The highest BCUT2D eigenvalue weighted by atomic mass is 19.4. The third kappa shape index (κ3) is 7.06. The minimum Gasteiger partial charge on any atom is -0.325 e. The Kier molecular flexibility index (Phi) is 4.47. The summed E-state index contributed by atoms with van der Waals surface area (Å²) in [5.74, 6) is -2.47. The summed E-state index contributed by atoms with van der Waals surface area (Å²) in [5, 5.41) is 0. The van der Waals surface area contributed by atoms with Gasteiger partial charge in [-0.25, -0.2) is 0 Å². The smallest absolute Gasteiger partial charge is 0.325 e. The van der Waals surface area contributed by atoms with E-state index in [1.54, 1.807) is 0 Å². The zero-order valence-corrected chi connectivity index (χ0v) is 9.54. The SMILES string of the molecule is CC(C)(C)CN(CC(F)(F)F)C(=O)C(F)(F)F. The zero-order chi connectivity index (χ0) is 14.1. The first kappa shape index (κ1) is 16.1. The van der Waals surface area contributed by atoms with Crippen molar-refractivity contribution in [3.8, 4) is 0 Å². The first-order chi connectivity index (χ1) is 7.22. The minimum atomic E-state index is -5.30. The van der Waals surface area contributed by atoms with Crippen LogP contribution in [0.3, 0.4) is 0 Å². The van der Waals surface area contributed by atoms with Crippen molar-refractivity contribution in [2.45, 2.75) is 33.1 Å². The molecule has 0 saturated heterocycles. The fourth-order valence-electron chi connectivity index (χ4n) is 1.17. The van der Waals surface area contributed by atoms with Gasteiger partial charge >= 0.3 is 18.3 Å². The Labute approximate surface area is 94.6 Å². The Morgan fingerprint density at radius 2 is 1.35 bits per heavy atom. The van der Waals surface area contributed by atoms with Gasteiger partial charge in [0.05, 0.1) is 0 Å². The molecule has 0 aromatic heterocycles. The Balaban J connectivity index is 4.94. The quantitative estimate of drug-likeness (QED) is 0.703. The highest BCUT2D eigenvalue weighted by Gasteiger charge is 2.46. The van der Waals surface area contributed by atoms with Crippen LogP contribution in [0.4, 0.5) is 26.3 Å². The second-order valence-corrected chi connectivity index (χ2v) is 4.83. The lowest BCUT2D eigenvalue weighted by Crippen LogP contribution is -2.48. The number of hydrogen-bond acceptors (Lipinski definition) is 1. The molecular formula is C9H13F6NO. The summed E-state index contributed by atoms with van der Waals surface area (Å²) in [6.07, 6.45) is -10.2. The fourth-order valence-corrected chi connectivity index (χ4v) is 1.17. The van der Waals surface area contributed by atoms with Crippen molar-refractivity contribution in [2.24, 2.45) is 5.41 Å². The van der Waals surface area contributed by atoms with E-state index in [0.29, 0.717) is 0 Å². The molecule has 102 valence electrons. The van der Waals surface area contributed by atoms with Gasteiger partial charge in [0.15, 0.2) is 0 Å². The Hall–Kier alpha value is -0.950. The van der Waals surface area contributed by atoms with Crippen molar-refractivity contribution >= 4 is 5.91 Å². The molecule has 0 bridgehead atoms. The van der Waals surface area contributed by atoms with Gasteiger partial charge in [0.1, 0.15) is 6.54 Å². The lowest BCUT2D eigenvalue weighted by molar-refractivity contribution is -0.199. The first-order valence-electron chi connectivity index (χ1n) is 4.65. The van der Waals surface area contributed by atoms with E-state index >= 15 is 0 Å². The van der Waals surface area contributed by atoms with Crippen LogP contribution in [0.25, 0.3) is 0 Å². The van der Waals surface area contributed by atoms with E-state index < -0.39 is 36.8 Å². The molecule has 0 aliphatic carbocycles. The molecule has 0 aromatic rings. The van der Waals surface area contributed by atoms with Crippen molar-refractivity contribution in [2.75, 3.05) is 13.1 Å². The summed E-state index contributed by atoms with van der Waals surface area (Å²) >= 11 is 0. The van der Waals surface area contributed by atoms with Gasteiger partial charge in [-0.2, -0.15) is 26.3 Å². The van der Waals surface area contributed by atoms with Crippen LogP contribution in [-0.4, -0.2) is 36.2 Å². The van der Waals surface area contributed by atoms with Gasteiger partial charge < -0.3 is 4.90 Å². The summed E-state index contributed by atoms with van der Waals surface area (Å²) in [4.78, 5) is 10.6. The average Bonchev–Trinajstić information content (AvgIpc) is 1.94. The summed E-state index contributed by atoms with van der Waals surface area (Å²) in [6, 6.07) is 0. The molecule has 0 aliphatic rings. The second-order valence-electron chi connectivity index (χ2n) is 4.83. The maximum atomic E-state index is 12.1. The number of hydrogen-bond donors (Lipinski definition) is 0. The first-order valence-corrected chi connectivity index (χ1v) is 4.65. The van der Waals surface area contributed by atoms with Gasteiger partial charge in [-0.15, -0.1) is 0 Å². The molecule has 2 nitrogen and oxygen atoms in total. The van der Waals surface area contributed by atoms with Gasteiger partial charge in [-0.1, -0.05) is 20.8 Å². The van der Waals surface area contributed by atoms with Crippen LogP contribution >= 0.6 is 0 Å². The molecule has 8 heteroatoms. The topological polar surface area (TPSA) is 20.3 Å². The molecule has 0 radical (unpaired) electrons. The van der Waals surface area contributed by atoms with Crippen molar-refractivity contribution in [1.29, 1.82) is 0 Å². The maximum absolute atomic E-state index is 12.1. The second kappa shape index (κ2) is 4.73. The molecule has 0 heterocycles. The van der Waals surface area contributed by atoms with E-state index in [2.05, 4.69) is 0 Å². The van der Waals surface area contributed by atoms with E-state index in [1.165, 1.54) is 20.8 Å². The van der Waals surface area contributed by atoms with E-state index in [0.717, 1.165) is 0 Å². The molecule has 1 amide bonds. The molecule has 0 rings (SSSR count). The van der Waals surface area contributed by atoms with Gasteiger partial charge in [0.25, 0.3) is 0 Å². The molecule has 0 aliphatic heterocycles. The monoisotopic (exact) mass is 265 g/mol. The van der Waals surface area contributed by atoms with Crippen LogP contribution in [0, 0.1) is 5.41 Å². The molecule has 0 N–H and O–H groups in total. The van der Waals surface area contributed by atoms with Gasteiger partial charge in [0.2, 0.25) is 0 Å². The standard InChI is InChI=1S/C9H13F6NO/c1-7(2,3)4-16(5-8(10,11)12)6(17)9(13,14)15/h4-5H2,1-3H3. The number of amides is 1. The average molecular weight is 265 g/mol. The number of carbonyl (C=O) groups excluding carboxylic acids is 1. The highest BCUT2D eigenvalue weighted by molar-refractivity contribution is 5.81. The highest BCUT2D eigenvalue weighted by Crippen LogP contribution is 2.26. The molecule has 17 heavy (non-hydrogen) atoms. The number of carbonyl (C=O) groups is 1. The predicted octanol–water partition coefficient (Wildman–Crippen LogP) is 2.99. The van der Waals surface area contributed by atoms with Crippen LogP contribution < -0.4 is 0 Å². The van der Waals surface area contributed by atoms with Crippen LogP contribution in [0.2, 0.25) is 0 Å². The summed E-state index contributed by atoms with van der Waals surface area (Å²) in [5.41, 5.74) is -0.855. The molecule has 0 unspecified atom stereocenters. The van der Waals surface area contributed by atoms with E-state index in [4.69, 9.17) is 0 Å². The lowest BCUT2D eigenvalue weighted by atomic mass is 9.96. The number of alkyl halides is 6. The molecule has 0 spiro atoms. The van der Waals surface area contributed by atoms with Crippen LogP contribution in [0.15, 0.2) is 0 Å². The van der Waals surface area contributed by atoms with E-state index in [1.807, 2.05) is 0 Å². The van der Waals surface area contributed by atoms with Crippen molar-refractivity contribution < 1.29 is 31.1 Å². The fraction of sp³-hybridized carbons (Fsp3) is 0.889. The van der Waals surface area contributed by atoms with Gasteiger partial charge in [0, 0.05) is 6.54 Å². The molecular weight excluding hydrogens is 252 g/mol. The summed E-state index contributed by atoms with van der Waals surface area (Å²) in [7, 11) is 0. The van der Waals surface area contributed by atoms with Crippen LogP contribution in [0.5, 0.6) is 0 Å². The third-order valence-electron chi connectivity index (χ3n) is 1.57. The molecule has 0 atom stereocenters. The van der Waals surface area contributed by atoms with E-state index in [-0.39, 0.29) is 4.90 Å². The molecule has 0 aromatic carbocycles. The number of rotatable bonds is 2. The Bertz CT molecular complexity index is 259. The van der Waals surface area contributed by atoms with Crippen LogP contribution in [-0.2, 0) is 4.79 Å². The third-order valence-corrected chi connectivity index (χ3v) is 1.57.